The van der Waals surface area contributed by atoms with Crippen molar-refractivity contribution < 1.29 is 95.9 Å². The van der Waals surface area contributed by atoms with Gasteiger partial charge in [0.1, 0.15) is 23.4 Å². The summed E-state index contributed by atoms with van der Waals surface area (Å²) in [5.74, 6) is 2.91. The molecule has 4 heterocycles. The van der Waals surface area contributed by atoms with Crippen LogP contribution in [0.2, 0.25) is 0 Å². The normalized spacial score (nSPS) is 41.2. The zero-order valence-electron chi connectivity index (χ0n) is 42.3. The molecule has 14 atom stereocenters. The van der Waals surface area contributed by atoms with Gasteiger partial charge >= 0.3 is 51.4 Å². The van der Waals surface area contributed by atoms with Crippen LogP contribution < -0.4 is 65.6 Å². The Morgan fingerprint density at radius 1 is 0.758 bits per heavy atom. The molecule has 6 saturated carbocycles. The molecule has 0 amide bonds. The van der Waals surface area contributed by atoms with Gasteiger partial charge in [-0.2, -0.15) is 0 Å². The summed E-state index contributed by atoms with van der Waals surface area (Å²) < 4.78 is 32.6. The molecule has 11 nitrogen and oxygen atoms in total. The average molecular weight is 941 g/mol. The van der Waals surface area contributed by atoms with Gasteiger partial charge in [-0.15, -0.1) is 0 Å². The van der Waals surface area contributed by atoms with Crippen molar-refractivity contribution in [3.8, 4) is 23.0 Å². The Kier molecular flexibility index (Phi) is 14.0. The minimum Gasteiger partial charge on any atom is -0.870 e. The number of rotatable bonds is 9. The van der Waals surface area contributed by atoms with Crippen LogP contribution in [-0.4, -0.2) is 126 Å². The number of aryl methyl sites for hydroxylation is 2. The number of ether oxygens (including phenoxy) is 5. The number of phenolic OH excluding ortho intramolecular Hbond substituents is 1. The molecule has 0 aromatic heterocycles. The smallest absolute Gasteiger partial charge is 0.870 e. The number of likely N-dealkylation sites (tertiary alicyclic amines) is 2. The predicted molar refractivity (Wildman–Crippen MR) is 251 cm³/mol. The standard InChI is InChI=1S/2C26H37NO4.C2H6.K.H2O/c1-5-10-23(2,29)18-15-24-11-12-26(18,30-4)22-25(24)13-14-27(3)19(24)9-7-16-6-8-17(28)21(31-22)20(16)25;1-5-6-18(28)17-15-24-11-12-26(17,30-4)23-25(24)13-14-27(2)20(24)10-8-16-7-9-19(29-3)22(31-23)21(16)25;1-2;;/h6,8,18-19,22,28-29H,5,7,9-15H2,1-4H3;7,9,17-18,20,23,28H,5-6,8,10-15H2,1-4H3;1-2H3;;1H2/q;;;+1;/p-1/t18-,19-,22-,23+,24-,25+,26-;17-,18?,20-,23-,24-,25+,26-;;;/m11.../s1. The number of hydrogen-bond donors (Lipinski definition) is 3. The summed E-state index contributed by atoms with van der Waals surface area (Å²) in [4.78, 5) is 5.21. The second-order valence-corrected chi connectivity index (χ2v) is 22.2. The fraction of sp³-hybridized carbons (Fsp3) is 0.778. The summed E-state index contributed by atoms with van der Waals surface area (Å²) in [6, 6.07) is 9.32. The number of piperidine rings is 2. The van der Waals surface area contributed by atoms with Gasteiger partial charge in [-0.25, -0.2) is 0 Å². The van der Waals surface area contributed by atoms with Crippen molar-refractivity contribution in [3.63, 3.8) is 0 Å². The zero-order valence-corrected chi connectivity index (χ0v) is 45.4. The molecule has 1 unspecified atom stereocenters. The Labute approximate surface area is 438 Å². The average Bonchev–Trinajstić information content (AvgIpc) is 3.83. The van der Waals surface area contributed by atoms with Gasteiger partial charge in [-0.05, 0) is 147 Å². The number of nitrogens with zero attached hydrogens (tertiary/aromatic N) is 2. The first kappa shape index (κ1) is 51.4. The first-order valence-electron chi connectivity index (χ1n) is 25.6. The maximum atomic E-state index is 11.8. The van der Waals surface area contributed by atoms with Crippen molar-refractivity contribution >= 4 is 0 Å². The fourth-order valence-electron chi connectivity index (χ4n) is 18.5. The number of benzene rings is 2. The molecule has 14 rings (SSSR count). The fourth-order valence-corrected chi connectivity index (χ4v) is 18.5. The Bertz CT molecular complexity index is 2140. The van der Waals surface area contributed by atoms with Gasteiger partial charge in [-0.1, -0.05) is 52.7 Å². The van der Waals surface area contributed by atoms with Gasteiger partial charge in [0.25, 0.3) is 0 Å². The number of hydrogen-bond acceptors (Lipinski definition) is 11. The number of methoxy groups -OCH3 is 3. The zero-order chi connectivity index (χ0) is 45.4. The van der Waals surface area contributed by atoms with E-state index in [1.165, 1.54) is 28.7 Å². The van der Waals surface area contributed by atoms with Crippen molar-refractivity contribution in [1.82, 2.24) is 9.80 Å². The number of aliphatic hydroxyl groups excluding tert-OH is 1. The summed E-state index contributed by atoms with van der Waals surface area (Å²) in [6.07, 6.45) is 15.7. The van der Waals surface area contributed by atoms with Crippen LogP contribution in [0.3, 0.4) is 0 Å². The van der Waals surface area contributed by atoms with Gasteiger partial charge in [-0.3, -0.25) is 0 Å². The molecule has 4 spiro atoms. The molecule has 2 aromatic carbocycles. The van der Waals surface area contributed by atoms with E-state index >= 15 is 0 Å². The van der Waals surface area contributed by atoms with Crippen LogP contribution in [0, 0.1) is 22.7 Å². The van der Waals surface area contributed by atoms with E-state index in [-0.39, 0.29) is 114 Å². The topological polar surface area (TPSA) is 143 Å². The quantitative estimate of drug-likeness (QED) is 0.282. The van der Waals surface area contributed by atoms with Crippen molar-refractivity contribution in [1.29, 1.82) is 0 Å². The maximum Gasteiger partial charge on any atom is 1.00 e. The summed E-state index contributed by atoms with van der Waals surface area (Å²) in [7, 11) is 10.0. The van der Waals surface area contributed by atoms with Gasteiger partial charge in [0, 0.05) is 70.9 Å². The van der Waals surface area contributed by atoms with Crippen molar-refractivity contribution in [2.24, 2.45) is 22.7 Å². The number of phenols is 1. The summed E-state index contributed by atoms with van der Waals surface area (Å²) in [6.45, 7) is 12.5. The Morgan fingerprint density at radius 2 is 1.29 bits per heavy atom. The SMILES string of the molecule is CC.CCCC(O)[C@H]1C[C@@]23CC[C@]1(OC)[C@@H]1Oc4c(OC)ccc5c4[C@@]12CCN(C)[C@@H]3CC5.CCC[C@](C)(O)[C@H]1C[C@@]23CC[C@]1(OC)[C@@H]1Oc4c(O)ccc5c4[C@@]12CCN(C)[C@@H]3CC5.[K+].[OH-]. The van der Waals surface area contributed by atoms with E-state index in [0.717, 1.165) is 121 Å². The Hall–Kier alpha value is -1.00. The predicted octanol–water partition coefficient (Wildman–Crippen LogP) is 5.32. The van der Waals surface area contributed by atoms with Crippen LogP contribution in [0.15, 0.2) is 24.3 Å². The summed E-state index contributed by atoms with van der Waals surface area (Å²) in [5, 5.41) is 34.0. The summed E-state index contributed by atoms with van der Waals surface area (Å²) >= 11 is 0. The van der Waals surface area contributed by atoms with Crippen molar-refractivity contribution in [2.45, 2.75) is 195 Å². The Balaban J connectivity index is 0.000000168. The van der Waals surface area contributed by atoms with Gasteiger partial charge in [0.15, 0.2) is 23.0 Å². The molecule has 12 aliphatic rings. The van der Waals surface area contributed by atoms with E-state index < -0.39 is 16.8 Å². The van der Waals surface area contributed by atoms with Crippen LogP contribution in [0.1, 0.15) is 147 Å². The third-order valence-corrected chi connectivity index (χ3v) is 20.6. The van der Waals surface area contributed by atoms with Gasteiger partial charge < -0.3 is 54.3 Å². The van der Waals surface area contributed by atoms with E-state index in [1.54, 1.807) is 7.11 Å². The van der Waals surface area contributed by atoms with E-state index in [4.69, 9.17) is 23.7 Å². The number of aromatic hydroxyl groups is 1. The summed E-state index contributed by atoms with van der Waals surface area (Å²) in [5.41, 5.74) is 3.69. The molecule has 2 saturated heterocycles. The number of fused-ring (bicyclic) bond motifs is 4. The third kappa shape index (κ3) is 6.18. The van der Waals surface area contributed by atoms with Crippen molar-refractivity contribution in [2.75, 3.05) is 48.5 Å². The van der Waals surface area contributed by atoms with E-state index in [2.05, 4.69) is 55.9 Å². The number of aliphatic hydroxyl groups is 2. The molecule has 362 valence electrons. The largest absolute Gasteiger partial charge is 1.00 e. The van der Waals surface area contributed by atoms with Crippen molar-refractivity contribution in [3.05, 3.63) is 46.5 Å². The van der Waals surface area contributed by atoms with Crippen LogP contribution in [0.4, 0.5) is 0 Å². The van der Waals surface area contributed by atoms with Gasteiger partial charge in [0.05, 0.1) is 18.8 Å². The van der Waals surface area contributed by atoms with Crippen LogP contribution in [0.25, 0.3) is 0 Å². The molecule has 8 aliphatic carbocycles. The Morgan fingerprint density at radius 3 is 1.85 bits per heavy atom. The molecule has 4 N–H and O–H groups in total. The minimum atomic E-state index is -0.804. The van der Waals surface area contributed by atoms with Crippen LogP contribution in [-0.2, 0) is 33.1 Å². The monoisotopic (exact) mass is 941 g/mol. The first-order valence-corrected chi connectivity index (χ1v) is 25.6. The third-order valence-electron chi connectivity index (χ3n) is 20.6. The molecule has 4 aliphatic heterocycles. The second-order valence-electron chi connectivity index (χ2n) is 22.2. The molecular formula is C54H81KN2O9. The van der Waals surface area contributed by atoms with E-state index in [1.807, 2.05) is 41.1 Å². The first-order chi connectivity index (χ1) is 30.8. The molecule has 12 heteroatoms. The van der Waals surface area contributed by atoms with E-state index in [9.17, 15) is 15.3 Å². The maximum absolute atomic E-state index is 11.8. The minimum absolute atomic E-state index is 0. The molecule has 2 aromatic rings. The molecule has 66 heavy (non-hydrogen) atoms. The van der Waals surface area contributed by atoms with E-state index in [0.29, 0.717) is 17.8 Å². The molecule has 8 bridgehead atoms. The second kappa shape index (κ2) is 17.9. The molecule has 0 radical (unpaired) electrons. The van der Waals surface area contributed by atoms with Crippen LogP contribution in [0.5, 0.6) is 23.0 Å². The molecular weight excluding hydrogens is 860 g/mol. The van der Waals surface area contributed by atoms with Gasteiger partial charge in [0.2, 0.25) is 0 Å². The van der Waals surface area contributed by atoms with Crippen LogP contribution >= 0.6 is 0 Å². The molecule has 8 fully saturated rings.